The van der Waals surface area contributed by atoms with Gasteiger partial charge in [0.15, 0.2) is 6.04 Å². The van der Waals surface area contributed by atoms with E-state index in [-0.39, 0.29) is 35.1 Å². The van der Waals surface area contributed by atoms with E-state index in [2.05, 4.69) is 20.8 Å². The van der Waals surface area contributed by atoms with Gasteiger partial charge in [-0.1, -0.05) is 27.7 Å². The Morgan fingerprint density at radius 1 is 1.27 bits per heavy atom. The predicted octanol–water partition coefficient (Wildman–Crippen LogP) is 4.18. The molecule has 0 heterocycles. The Morgan fingerprint density at radius 3 is 2.31 bits per heavy atom. The summed E-state index contributed by atoms with van der Waals surface area (Å²) in [7, 11) is 1.36. The van der Waals surface area contributed by atoms with Crippen LogP contribution in [0.2, 0.25) is 0 Å². The van der Waals surface area contributed by atoms with Crippen molar-refractivity contribution in [3.63, 3.8) is 0 Å². The second-order valence-corrected chi connectivity index (χ2v) is 9.81. The lowest BCUT2D eigenvalue weighted by Gasteiger charge is -2.35. The van der Waals surface area contributed by atoms with Crippen molar-refractivity contribution in [2.45, 2.75) is 85.8 Å². The van der Waals surface area contributed by atoms with Gasteiger partial charge in [0.25, 0.3) is 0 Å². The number of carbonyl (C=O) groups is 2. The van der Waals surface area contributed by atoms with Gasteiger partial charge in [-0.05, 0) is 57.3 Å². The Kier molecular flexibility index (Phi) is 5.61. The summed E-state index contributed by atoms with van der Waals surface area (Å²) in [4.78, 5) is 29.5. The maximum atomic E-state index is 12.8. The van der Waals surface area contributed by atoms with Crippen molar-refractivity contribution < 1.29 is 19.1 Å². The minimum Gasteiger partial charge on any atom is -0.469 e. The molecule has 2 fully saturated rings. The van der Waals surface area contributed by atoms with Gasteiger partial charge in [-0.25, -0.2) is 4.79 Å². The molecule has 148 valence electrons. The smallest absolute Gasteiger partial charge is 0.331 e. The molecule has 2 aliphatic rings. The molecule has 0 saturated heterocycles. The minimum absolute atomic E-state index is 0.0168. The van der Waals surface area contributed by atoms with Crippen LogP contribution in [-0.4, -0.2) is 36.4 Å². The number of nitrogens with zero attached hydrogens (tertiary/aromatic N) is 1. The lowest BCUT2D eigenvalue weighted by molar-refractivity contribution is -0.158. The van der Waals surface area contributed by atoms with Crippen LogP contribution in [0.5, 0.6) is 0 Å². The molecule has 0 aromatic carbocycles. The molecule has 0 amide bonds. The van der Waals surface area contributed by atoms with Crippen molar-refractivity contribution in [2.75, 3.05) is 7.11 Å². The van der Waals surface area contributed by atoms with Gasteiger partial charge in [0.1, 0.15) is 5.60 Å². The van der Waals surface area contributed by atoms with E-state index >= 15 is 0 Å². The summed E-state index contributed by atoms with van der Waals surface area (Å²) >= 11 is 0. The molecule has 0 unspecified atom stereocenters. The summed E-state index contributed by atoms with van der Waals surface area (Å²) in [5.74, 6) is -0.339. The van der Waals surface area contributed by atoms with Crippen molar-refractivity contribution in [3.05, 3.63) is 0 Å². The first-order valence-electron chi connectivity index (χ1n) is 9.68. The fourth-order valence-electron chi connectivity index (χ4n) is 4.52. The first-order chi connectivity index (χ1) is 11.8. The molecule has 2 saturated carbocycles. The lowest BCUT2D eigenvalue weighted by Crippen LogP contribution is -2.38. The van der Waals surface area contributed by atoms with Crippen LogP contribution in [0, 0.1) is 22.7 Å². The summed E-state index contributed by atoms with van der Waals surface area (Å²) < 4.78 is 10.4. The molecule has 5 nitrogen and oxygen atoms in total. The third kappa shape index (κ3) is 3.81. The third-order valence-electron chi connectivity index (χ3n) is 6.71. The normalized spacial score (nSPS) is 30.9. The van der Waals surface area contributed by atoms with E-state index in [0.717, 1.165) is 18.6 Å². The van der Waals surface area contributed by atoms with Gasteiger partial charge < -0.3 is 9.47 Å². The lowest BCUT2D eigenvalue weighted by atomic mass is 9.70. The maximum absolute atomic E-state index is 12.8. The Labute approximate surface area is 157 Å². The van der Waals surface area contributed by atoms with E-state index in [1.165, 1.54) is 13.5 Å². The Hall–Kier alpha value is -1.39. The van der Waals surface area contributed by atoms with Gasteiger partial charge in [0.2, 0.25) is 0 Å². The van der Waals surface area contributed by atoms with Crippen LogP contribution in [0.3, 0.4) is 0 Å². The number of methoxy groups -OCH3 is 1. The zero-order chi connectivity index (χ0) is 19.9. The first kappa shape index (κ1) is 20.9. The molecule has 26 heavy (non-hydrogen) atoms. The summed E-state index contributed by atoms with van der Waals surface area (Å²) in [6.45, 7) is 14.3. The number of hydrogen-bond acceptors (Lipinski definition) is 5. The van der Waals surface area contributed by atoms with Gasteiger partial charge in [-0.2, -0.15) is 0 Å². The summed E-state index contributed by atoms with van der Waals surface area (Å²) in [5, 5.41) is 0. The van der Waals surface area contributed by atoms with E-state index in [0.29, 0.717) is 5.92 Å². The van der Waals surface area contributed by atoms with Crippen molar-refractivity contribution in [1.82, 2.24) is 0 Å². The quantitative estimate of drug-likeness (QED) is 0.686. The highest BCUT2D eigenvalue weighted by Gasteiger charge is 2.60. The molecule has 0 aromatic heterocycles. The highest BCUT2D eigenvalue weighted by atomic mass is 16.6. The largest absolute Gasteiger partial charge is 0.469 e. The molecule has 0 spiro atoms. The molecule has 0 radical (unpaired) electrons. The van der Waals surface area contributed by atoms with Crippen molar-refractivity contribution in [2.24, 2.45) is 27.7 Å². The highest BCUT2D eigenvalue weighted by Crippen LogP contribution is 2.64. The summed E-state index contributed by atoms with van der Waals surface area (Å²) in [5.41, 5.74) is 0.739. The molecule has 2 rings (SSSR count). The predicted molar refractivity (Wildman–Crippen MR) is 102 cm³/mol. The van der Waals surface area contributed by atoms with Crippen LogP contribution < -0.4 is 0 Å². The van der Waals surface area contributed by atoms with Crippen molar-refractivity contribution in [3.8, 4) is 0 Å². The molecular formula is C21H35NO4. The van der Waals surface area contributed by atoms with E-state index < -0.39 is 11.6 Å². The standard InChI is InChI=1S/C21H35NO4/c1-13(11-16(23)25-8)17(18(24)26-19(2,3)4)22-15-12-14-9-10-21(15,7)20(14,5)6/h13-14,17H,9-12H2,1-8H3/t13-,14+,17-,21-/m0/s1. The number of aliphatic imine (C=N–C) groups is 1. The molecule has 4 atom stereocenters. The van der Waals surface area contributed by atoms with E-state index in [9.17, 15) is 9.59 Å². The Morgan fingerprint density at radius 2 is 1.88 bits per heavy atom. The number of fused-ring (bicyclic) bond motifs is 2. The average Bonchev–Trinajstić information content (AvgIpc) is 2.83. The van der Waals surface area contributed by atoms with Gasteiger partial charge in [0.05, 0.1) is 13.5 Å². The van der Waals surface area contributed by atoms with Gasteiger partial charge in [-0.3, -0.25) is 9.79 Å². The molecule has 2 bridgehead atoms. The molecule has 0 aromatic rings. The highest BCUT2D eigenvalue weighted by molar-refractivity contribution is 5.96. The monoisotopic (exact) mass is 365 g/mol. The summed E-state index contributed by atoms with van der Waals surface area (Å²) in [6.07, 6.45) is 3.42. The SMILES string of the molecule is COC(=O)C[C@H](C)[C@H](N=C1C[C@H]2CC[C@]1(C)C2(C)C)C(=O)OC(C)(C)C. The van der Waals surface area contributed by atoms with Crippen LogP contribution in [0.4, 0.5) is 0 Å². The number of carbonyl (C=O) groups excluding carboxylic acids is 2. The topological polar surface area (TPSA) is 65.0 Å². The fraction of sp³-hybridized carbons (Fsp3) is 0.857. The zero-order valence-electron chi connectivity index (χ0n) is 17.6. The van der Waals surface area contributed by atoms with Crippen LogP contribution in [0.15, 0.2) is 4.99 Å². The van der Waals surface area contributed by atoms with Gasteiger partial charge in [-0.15, -0.1) is 0 Å². The van der Waals surface area contributed by atoms with Gasteiger partial charge >= 0.3 is 11.9 Å². The number of rotatable bonds is 5. The van der Waals surface area contributed by atoms with Gasteiger partial charge in [0, 0.05) is 11.1 Å². The molecule has 0 aliphatic heterocycles. The molecular weight excluding hydrogens is 330 g/mol. The second kappa shape index (κ2) is 6.97. The van der Waals surface area contributed by atoms with E-state index in [1.807, 2.05) is 27.7 Å². The number of esters is 2. The van der Waals surface area contributed by atoms with Crippen LogP contribution in [0.25, 0.3) is 0 Å². The molecule has 0 N–H and O–H groups in total. The Balaban J connectivity index is 2.32. The fourth-order valence-corrected chi connectivity index (χ4v) is 4.52. The molecule has 2 aliphatic carbocycles. The molecule has 5 heteroatoms. The third-order valence-corrected chi connectivity index (χ3v) is 6.71. The summed E-state index contributed by atoms with van der Waals surface area (Å²) in [6, 6.07) is -0.671. The van der Waals surface area contributed by atoms with Crippen molar-refractivity contribution >= 4 is 17.7 Å². The Bertz CT molecular complexity index is 602. The van der Waals surface area contributed by atoms with Crippen LogP contribution >= 0.6 is 0 Å². The number of hydrogen-bond donors (Lipinski definition) is 0. The number of ether oxygens (including phenoxy) is 2. The van der Waals surface area contributed by atoms with Crippen LogP contribution in [0.1, 0.15) is 74.1 Å². The average molecular weight is 366 g/mol. The zero-order valence-corrected chi connectivity index (χ0v) is 17.6. The van der Waals surface area contributed by atoms with Crippen LogP contribution in [-0.2, 0) is 19.1 Å². The first-order valence-corrected chi connectivity index (χ1v) is 9.68. The van der Waals surface area contributed by atoms with Crippen molar-refractivity contribution in [1.29, 1.82) is 0 Å². The maximum Gasteiger partial charge on any atom is 0.331 e. The minimum atomic E-state index is -0.671. The van der Waals surface area contributed by atoms with E-state index in [4.69, 9.17) is 14.5 Å². The second-order valence-electron chi connectivity index (χ2n) is 9.81. The van der Waals surface area contributed by atoms with E-state index in [1.54, 1.807) is 0 Å².